The maximum atomic E-state index is 6.47. The van der Waals surface area contributed by atoms with E-state index in [4.69, 9.17) is 4.74 Å². The second kappa shape index (κ2) is 16.9. The Morgan fingerprint density at radius 2 is 1.25 bits per heavy atom. The van der Waals surface area contributed by atoms with Gasteiger partial charge in [-0.15, -0.1) is 6.42 Å². The van der Waals surface area contributed by atoms with Gasteiger partial charge < -0.3 is 4.74 Å². The number of ether oxygens (including phenoxy) is 1. The van der Waals surface area contributed by atoms with Gasteiger partial charge >= 0.3 is 37.6 Å². The molecule has 0 amide bonds. The van der Waals surface area contributed by atoms with Crippen LogP contribution in [-0.2, 0) is 25.4 Å². The molecule has 0 fully saturated rings. The van der Waals surface area contributed by atoms with Crippen LogP contribution in [0.4, 0.5) is 0 Å². The number of rotatable bonds is 5. The van der Waals surface area contributed by atoms with Crippen LogP contribution in [0, 0.1) is 16.9 Å². The Morgan fingerprint density at radius 1 is 0.727 bits per heavy atom. The zero-order valence-electron chi connectivity index (χ0n) is 29.0. The quantitative estimate of drug-likeness (QED) is 0.119. The average molecular weight is 622 g/mol. The van der Waals surface area contributed by atoms with E-state index in [1.165, 1.54) is 20.5 Å². The van der Waals surface area contributed by atoms with Gasteiger partial charge in [-0.2, -0.15) is 11.6 Å². The van der Waals surface area contributed by atoms with Crippen molar-refractivity contribution >= 4 is 15.6 Å². The van der Waals surface area contributed by atoms with Crippen molar-refractivity contribution in [3.63, 3.8) is 0 Å². The molecule has 0 aromatic heterocycles. The maximum absolute atomic E-state index is 6.47. The Morgan fingerprint density at radius 3 is 1.66 bits per heavy atom. The molecule has 0 aliphatic heterocycles. The zero-order chi connectivity index (χ0) is 33.0. The van der Waals surface area contributed by atoms with Gasteiger partial charge in [-0.3, -0.25) is 6.08 Å². The molecule has 44 heavy (non-hydrogen) atoms. The van der Waals surface area contributed by atoms with Crippen LogP contribution in [0.1, 0.15) is 99.3 Å². The van der Waals surface area contributed by atoms with Crippen molar-refractivity contribution < 1.29 is 24.7 Å². The van der Waals surface area contributed by atoms with E-state index in [0.29, 0.717) is 5.41 Å². The standard InChI is InChI=1S/C30H34O.C9H13.C3H6.Ti/c1-29(2,3)25-20-17-23(18-21-25)19-22-27(30(4,5)6)28(24-13-9-7-10-14-24)31-26-15-11-8-12-16-26;1-9(2,3)8-6-4-5-7-8;1-3-2;/h7-22H,1-6H3;6-7H,4H2,1-3H3;1-2H3;/q;-1;;+1. The topological polar surface area (TPSA) is 9.23 Å². The predicted molar refractivity (Wildman–Crippen MR) is 190 cm³/mol. The van der Waals surface area contributed by atoms with Crippen molar-refractivity contribution in [2.24, 2.45) is 10.8 Å². The van der Waals surface area contributed by atoms with Gasteiger partial charge in [-0.1, -0.05) is 153 Å². The van der Waals surface area contributed by atoms with Crippen LogP contribution in [0.15, 0.2) is 114 Å². The summed E-state index contributed by atoms with van der Waals surface area (Å²) in [6.07, 6.45) is 12.9. The van der Waals surface area contributed by atoms with Crippen molar-refractivity contribution in [3.8, 4) is 5.75 Å². The molecular weight excluding hydrogens is 568 g/mol. The molecule has 0 saturated heterocycles. The molecule has 4 rings (SSSR count). The van der Waals surface area contributed by atoms with E-state index in [-0.39, 0.29) is 10.8 Å². The summed E-state index contributed by atoms with van der Waals surface area (Å²) in [6.45, 7) is 24.3. The summed E-state index contributed by atoms with van der Waals surface area (Å²) in [5.74, 6) is 1.73. The average Bonchev–Trinajstić information content (AvgIpc) is 3.49. The van der Waals surface area contributed by atoms with E-state index in [9.17, 15) is 0 Å². The van der Waals surface area contributed by atoms with Crippen LogP contribution in [0.5, 0.6) is 5.75 Å². The molecule has 1 aliphatic carbocycles. The van der Waals surface area contributed by atoms with Gasteiger partial charge in [0, 0.05) is 11.1 Å². The number of benzene rings is 3. The molecule has 0 radical (unpaired) electrons. The van der Waals surface area contributed by atoms with E-state index in [1.807, 2.05) is 36.4 Å². The molecule has 0 unspecified atom stereocenters. The third-order valence-electron chi connectivity index (χ3n) is 6.83. The third kappa shape index (κ3) is 13.3. The van der Waals surface area contributed by atoms with Crippen molar-refractivity contribution in [1.82, 2.24) is 0 Å². The van der Waals surface area contributed by atoms with E-state index >= 15 is 0 Å². The van der Waals surface area contributed by atoms with Crippen LogP contribution in [0.3, 0.4) is 0 Å². The first-order valence-electron chi connectivity index (χ1n) is 15.6. The number of para-hydroxylation sites is 1. The second-order valence-electron chi connectivity index (χ2n) is 14.4. The Bertz CT molecular complexity index is 1430. The van der Waals surface area contributed by atoms with Gasteiger partial charge in [0.25, 0.3) is 0 Å². The molecule has 2 heteroatoms. The molecule has 0 heterocycles. The summed E-state index contributed by atoms with van der Waals surface area (Å²) >= 11 is 2.08. The van der Waals surface area contributed by atoms with Crippen LogP contribution >= 0.6 is 0 Å². The summed E-state index contributed by atoms with van der Waals surface area (Å²) in [7, 11) is 0. The Kier molecular flexibility index (Phi) is 14.3. The first kappa shape index (κ1) is 37.2. The van der Waals surface area contributed by atoms with E-state index in [1.54, 1.807) is 0 Å². The number of hydrogen-bond acceptors (Lipinski definition) is 1. The first-order valence-corrected chi connectivity index (χ1v) is 16.4. The van der Waals surface area contributed by atoms with Gasteiger partial charge in [0.15, 0.2) is 0 Å². The Labute approximate surface area is 280 Å². The van der Waals surface area contributed by atoms with E-state index in [2.05, 4.69) is 175 Å². The first-order chi connectivity index (χ1) is 20.5. The molecule has 3 aromatic rings. The predicted octanol–water partition coefficient (Wildman–Crippen LogP) is 12.0. The molecule has 0 N–H and O–H groups in total. The van der Waals surface area contributed by atoms with Gasteiger partial charge in [-0.05, 0) is 34.1 Å². The fourth-order valence-electron chi connectivity index (χ4n) is 4.32. The second-order valence-corrected chi connectivity index (χ2v) is 16.0. The van der Waals surface area contributed by atoms with Gasteiger partial charge in [0.05, 0.1) is 0 Å². The van der Waals surface area contributed by atoms with Crippen LogP contribution in [0.25, 0.3) is 11.8 Å². The van der Waals surface area contributed by atoms with E-state index < -0.39 is 0 Å². The summed E-state index contributed by atoms with van der Waals surface area (Å²) < 4.78 is 7.89. The van der Waals surface area contributed by atoms with Crippen molar-refractivity contribution in [1.29, 1.82) is 0 Å². The molecule has 0 saturated carbocycles. The summed E-state index contributed by atoms with van der Waals surface area (Å²) in [4.78, 5) is 0. The summed E-state index contributed by atoms with van der Waals surface area (Å²) in [6, 6.07) is 29.2. The molecule has 231 valence electrons. The number of hydrogen-bond donors (Lipinski definition) is 0. The van der Waals surface area contributed by atoms with Crippen molar-refractivity contribution in [2.75, 3.05) is 0 Å². The van der Waals surface area contributed by atoms with Gasteiger partial charge in [-0.25, -0.2) is 6.08 Å². The Balaban J connectivity index is 0.000000431. The fraction of sp³-hybridized carbons (Fsp3) is 0.357. The SMILES string of the molecule is CC(C)(C)C(C=Cc1ccc(C(C)(C)C)cc1)=C(Oc1ccccc1)c1ccccc1.CC(C)(C)C1=CC[C-]=C1.C[C](C)=[Ti+]. The summed E-state index contributed by atoms with van der Waals surface area (Å²) in [5, 5.41) is 0. The minimum atomic E-state index is -0.0954. The molecule has 3 aromatic carbocycles. The van der Waals surface area contributed by atoms with Crippen LogP contribution in [0.2, 0.25) is 0 Å². The number of allylic oxidation sites excluding steroid dienone is 6. The van der Waals surface area contributed by atoms with Crippen molar-refractivity contribution in [3.05, 3.63) is 137 Å². The normalized spacial score (nSPS) is 13.7. The molecule has 1 aliphatic rings. The fourth-order valence-corrected chi connectivity index (χ4v) is 4.32. The van der Waals surface area contributed by atoms with Crippen LogP contribution in [-0.4, -0.2) is 3.81 Å². The molecule has 1 nitrogen and oxygen atoms in total. The van der Waals surface area contributed by atoms with Gasteiger partial charge in [0.1, 0.15) is 11.5 Å². The van der Waals surface area contributed by atoms with Crippen LogP contribution < -0.4 is 4.74 Å². The molecule has 0 atom stereocenters. The zero-order valence-corrected chi connectivity index (χ0v) is 30.6. The Hall–Kier alpha value is -3.00. The van der Waals surface area contributed by atoms with E-state index in [0.717, 1.165) is 29.1 Å². The third-order valence-corrected chi connectivity index (χ3v) is 6.83. The molecular formula is C42H53OTi. The molecule has 0 spiro atoms. The van der Waals surface area contributed by atoms with Crippen molar-refractivity contribution in [2.45, 2.75) is 88.0 Å². The van der Waals surface area contributed by atoms with Gasteiger partial charge in [0.2, 0.25) is 0 Å². The monoisotopic (exact) mass is 621 g/mol. The minimum absolute atomic E-state index is 0.0954. The summed E-state index contributed by atoms with van der Waals surface area (Å²) in [5.41, 5.74) is 6.55. The molecule has 0 bridgehead atoms.